The topological polar surface area (TPSA) is 67.8 Å². The Balaban J connectivity index is 0.000000409. The first-order valence-electron chi connectivity index (χ1n) is 9.39. The van der Waals surface area contributed by atoms with E-state index in [-0.39, 0.29) is 11.7 Å². The average molecular weight is 397 g/mol. The molecule has 5 nitrogen and oxygen atoms in total. The number of thiazole rings is 1. The Morgan fingerprint density at radius 3 is 2.36 bits per heavy atom. The number of nitrogens with one attached hydrogen (secondary N) is 1. The van der Waals surface area contributed by atoms with Gasteiger partial charge in [-0.05, 0) is 43.7 Å². The third-order valence-corrected chi connectivity index (χ3v) is 5.32. The fourth-order valence-corrected chi connectivity index (χ4v) is 2.94. The van der Waals surface area contributed by atoms with Crippen molar-refractivity contribution in [2.45, 2.75) is 47.5 Å². The van der Waals surface area contributed by atoms with Crippen molar-refractivity contribution in [1.29, 1.82) is 0 Å². The van der Waals surface area contributed by atoms with Crippen LogP contribution in [-0.2, 0) is 4.79 Å². The number of carbonyl (C=O) groups excluding carboxylic acids is 1. The second-order valence-corrected chi connectivity index (χ2v) is 8.30. The van der Waals surface area contributed by atoms with Crippen LogP contribution in [0.2, 0.25) is 0 Å². The molecule has 3 heterocycles. The zero-order valence-electron chi connectivity index (χ0n) is 17.4. The second-order valence-electron chi connectivity index (χ2n) is 7.23. The van der Waals surface area contributed by atoms with E-state index >= 15 is 0 Å². The van der Waals surface area contributed by atoms with Crippen LogP contribution < -0.4 is 5.32 Å². The maximum Gasteiger partial charge on any atom is 0.132 e. The minimum Gasteiger partial charge on any atom is -0.325 e. The molecule has 3 rings (SSSR count). The van der Waals surface area contributed by atoms with Crippen molar-refractivity contribution >= 4 is 28.8 Å². The summed E-state index contributed by atoms with van der Waals surface area (Å²) in [5.41, 5.74) is 2.10. The number of ketones is 1. The van der Waals surface area contributed by atoms with E-state index in [1.807, 2.05) is 57.3 Å². The first-order valence-corrected chi connectivity index (χ1v) is 10.2. The van der Waals surface area contributed by atoms with E-state index in [0.29, 0.717) is 5.92 Å². The molecule has 0 aromatic carbocycles. The summed E-state index contributed by atoms with van der Waals surface area (Å²) in [6.07, 6.45) is 3.69. The molecule has 0 spiro atoms. The molecule has 148 valence electrons. The summed E-state index contributed by atoms with van der Waals surface area (Å²) in [7, 11) is 0. The van der Waals surface area contributed by atoms with Gasteiger partial charge in [-0.15, -0.1) is 11.3 Å². The van der Waals surface area contributed by atoms with Crippen molar-refractivity contribution in [1.82, 2.24) is 15.0 Å². The van der Waals surface area contributed by atoms with Crippen molar-refractivity contribution in [2.24, 2.45) is 5.92 Å². The molecule has 0 bridgehead atoms. The molecule has 3 aromatic heterocycles. The minimum absolute atomic E-state index is 0.213. The van der Waals surface area contributed by atoms with Gasteiger partial charge in [0, 0.05) is 24.2 Å². The van der Waals surface area contributed by atoms with Gasteiger partial charge in [0.1, 0.15) is 17.4 Å². The molecule has 28 heavy (non-hydrogen) atoms. The molecule has 0 atom stereocenters. The highest BCUT2D eigenvalue weighted by molar-refractivity contribution is 7.15. The summed E-state index contributed by atoms with van der Waals surface area (Å²) in [5.74, 6) is 2.50. The number of hydrogen-bond donors (Lipinski definition) is 1. The summed E-state index contributed by atoms with van der Waals surface area (Å²) in [5, 5.41) is 4.38. The highest BCUT2D eigenvalue weighted by Gasteiger charge is 2.09. The lowest BCUT2D eigenvalue weighted by molar-refractivity contribution is -0.119. The van der Waals surface area contributed by atoms with Crippen LogP contribution in [0.3, 0.4) is 0 Å². The lowest BCUT2D eigenvalue weighted by Crippen LogP contribution is -1.98. The van der Waals surface area contributed by atoms with Gasteiger partial charge < -0.3 is 5.32 Å². The van der Waals surface area contributed by atoms with Crippen molar-refractivity contribution in [3.05, 3.63) is 53.3 Å². The van der Waals surface area contributed by atoms with Gasteiger partial charge in [-0.1, -0.05) is 33.8 Å². The third-order valence-electron chi connectivity index (χ3n) is 4.00. The SMILES string of the molecule is CC(=O)C(C)C.Cc1ccnc(Nc2cccc(-c3cnc(C(C)C)s3)n2)c1. The molecule has 0 saturated heterocycles. The molecule has 6 heteroatoms. The van der Waals surface area contributed by atoms with Gasteiger partial charge in [0.05, 0.1) is 15.6 Å². The first kappa shape index (κ1) is 21.7. The van der Waals surface area contributed by atoms with Gasteiger partial charge in [0.2, 0.25) is 0 Å². The number of aryl methyl sites for hydroxylation is 1. The predicted molar refractivity (Wildman–Crippen MR) is 117 cm³/mol. The average Bonchev–Trinajstić information content (AvgIpc) is 3.13. The van der Waals surface area contributed by atoms with E-state index in [1.165, 1.54) is 0 Å². The lowest BCUT2D eigenvalue weighted by atomic mass is 10.1. The van der Waals surface area contributed by atoms with Crippen LogP contribution in [0.1, 0.15) is 51.1 Å². The normalized spacial score (nSPS) is 10.6. The number of pyridine rings is 2. The van der Waals surface area contributed by atoms with Crippen LogP contribution in [0.25, 0.3) is 10.6 Å². The molecule has 0 aliphatic heterocycles. The van der Waals surface area contributed by atoms with E-state index in [4.69, 9.17) is 0 Å². The fraction of sp³-hybridized carbons (Fsp3) is 0.364. The quantitative estimate of drug-likeness (QED) is 0.572. The van der Waals surface area contributed by atoms with Gasteiger partial charge in [0.25, 0.3) is 0 Å². The Kier molecular flexibility index (Phi) is 7.81. The van der Waals surface area contributed by atoms with Crippen LogP contribution in [0.4, 0.5) is 11.6 Å². The largest absolute Gasteiger partial charge is 0.325 e. The summed E-state index contributed by atoms with van der Waals surface area (Å²) >= 11 is 1.69. The fourth-order valence-electron chi connectivity index (χ4n) is 2.05. The Morgan fingerprint density at radius 2 is 1.79 bits per heavy atom. The van der Waals surface area contributed by atoms with Crippen molar-refractivity contribution in [3.63, 3.8) is 0 Å². The number of nitrogens with zero attached hydrogens (tertiary/aromatic N) is 3. The maximum absolute atomic E-state index is 10.1. The predicted octanol–water partition coefficient (Wildman–Crippen LogP) is 6.01. The third kappa shape index (κ3) is 6.53. The van der Waals surface area contributed by atoms with Gasteiger partial charge >= 0.3 is 0 Å². The van der Waals surface area contributed by atoms with Crippen LogP contribution >= 0.6 is 11.3 Å². The van der Waals surface area contributed by atoms with Gasteiger partial charge in [-0.25, -0.2) is 15.0 Å². The zero-order valence-corrected chi connectivity index (χ0v) is 18.2. The molecule has 0 saturated carbocycles. The van der Waals surface area contributed by atoms with Crippen LogP contribution in [0, 0.1) is 12.8 Å². The molecule has 0 radical (unpaired) electrons. The van der Waals surface area contributed by atoms with E-state index in [9.17, 15) is 4.79 Å². The van der Waals surface area contributed by atoms with Crippen LogP contribution in [-0.4, -0.2) is 20.7 Å². The molecule has 0 aliphatic rings. The molecule has 0 aliphatic carbocycles. The molecule has 0 amide bonds. The maximum atomic E-state index is 10.1. The summed E-state index contributed by atoms with van der Waals surface area (Å²) in [6, 6.07) is 9.91. The monoisotopic (exact) mass is 396 g/mol. The van der Waals surface area contributed by atoms with E-state index in [0.717, 1.165) is 32.8 Å². The highest BCUT2D eigenvalue weighted by atomic mass is 32.1. The van der Waals surface area contributed by atoms with Crippen molar-refractivity contribution in [3.8, 4) is 10.6 Å². The van der Waals surface area contributed by atoms with Gasteiger partial charge in [0.15, 0.2) is 0 Å². The van der Waals surface area contributed by atoms with Gasteiger partial charge in [-0.2, -0.15) is 0 Å². The Hall–Kier alpha value is -2.60. The standard InChI is InChI=1S/C17H18N4S.C5H10O/c1-11(2)17-19-10-14(22-17)13-5-4-6-15(20-13)21-16-9-12(3)7-8-18-16;1-4(2)5(3)6/h4-11H,1-3H3,(H,18,20,21);4H,1-3H3. The molecule has 0 unspecified atom stereocenters. The number of hydrogen-bond acceptors (Lipinski definition) is 6. The number of rotatable bonds is 5. The summed E-state index contributed by atoms with van der Waals surface area (Å²) < 4.78 is 0. The number of aromatic nitrogens is 3. The molecule has 0 fully saturated rings. The van der Waals surface area contributed by atoms with E-state index < -0.39 is 0 Å². The van der Waals surface area contributed by atoms with Crippen LogP contribution in [0.15, 0.2) is 42.7 Å². The Bertz CT molecular complexity index is 918. The first-order chi connectivity index (χ1) is 13.3. The van der Waals surface area contributed by atoms with Crippen LogP contribution in [0.5, 0.6) is 0 Å². The highest BCUT2D eigenvalue weighted by Crippen LogP contribution is 2.29. The van der Waals surface area contributed by atoms with Crippen molar-refractivity contribution < 1.29 is 4.79 Å². The van der Waals surface area contributed by atoms with E-state index in [1.54, 1.807) is 24.5 Å². The zero-order chi connectivity index (χ0) is 20.7. The molecule has 1 N–H and O–H groups in total. The van der Waals surface area contributed by atoms with Gasteiger partial charge in [-0.3, -0.25) is 4.79 Å². The number of carbonyl (C=O) groups is 1. The van der Waals surface area contributed by atoms with E-state index in [2.05, 4.69) is 34.1 Å². The van der Waals surface area contributed by atoms with Crippen molar-refractivity contribution in [2.75, 3.05) is 5.32 Å². The molecule has 3 aromatic rings. The molecular weight excluding hydrogens is 368 g/mol. The minimum atomic E-state index is 0.213. The number of Topliss-reactive ketones (excluding diaryl/α,β-unsaturated/α-hetero) is 1. The molecular formula is C22H28N4OS. The summed E-state index contributed by atoms with van der Waals surface area (Å²) in [6.45, 7) is 11.7. The lowest BCUT2D eigenvalue weighted by Gasteiger charge is -2.06. The Labute approximate surface area is 171 Å². The summed E-state index contributed by atoms with van der Waals surface area (Å²) in [4.78, 5) is 24.7. The Morgan fingerprint density at radius 1 is 1.07 bits per heavy atom. The second kappa shape index (κ2) is 10.1. The smallest absolute Gasteiger partial charge is 0.132 e. The number of anilines is 2.